The third-order valence-electron chi connectivity index (χ3n) is 2.52. The van der Waals surface area contributed by atoms with Gasteiger partial charge in [-0.3, -0.25) is 0 Å². The van der Waals surface area contributed by atoms with Crippen molar-refractivity contribution in [1.82, 2.24) is 5.32 Å². The quantitative estimate of drug-likeness (QED) is 0.638. The molecule has 2 unspecified atom stereocenters. The molecule has 0 saturated carbocycles. The molecule has 0 aromatic heterocycles. The Kier molecular flexibility index (Phi) is 4.52. The molecule has 3 N–H and O–H groups in total. The maximum absolute atomic E-state index is 5.80. The fourth-order valence-corrected chi connectivity index (χ4v) is 3.10. The van der Waals surface area contributed by atoms with Crippen LogP contribution >= 0.6 is 11.8 Å². The van der Waals surface area contributed by atoms with Gasteiger partial charge in [0, 0.05) is 36.7 Å². The van der Waals surface area contributed by atoms with E-state index >= 15 is 0 Å². The van der Waals surface area contributed by atoms with Crippen molar-refractivity contribution < 1.29 is 4.74 Å². The van der Waals surface area contributed by atoms with Crippen molar-refractivity contribution in [3.8, 4) is 0 Å². The fourth-order valence-electron chi connectivity index (χ4n) is 1.73. The van der Waals surface area contributed by atoms with Crippen LogP contribution in [0.5, 0.6) is 0 Å². The molecule has 78 valence electrons. The minimum absolute atomic E-state index is 0.169. The first-order valence-electron chi connectivity index (χ1n) is 4.78. The molecular weight excluding hydrogens is 184 g/mol. The van der Waals surface area contributed by atoms with Gasteiger partial charge in [-0.25, -0.2) is 0 Å². The van der Waals surface area contributed by atoms with Crippen LogP contribution < -0.4 is 11.1 Å². The van der Waals surface area contributed by atoms with Gasteiger partial charge in [0.05, 0.1) is 6.61 Å². The largest absolute Gasteiger partial charge is 0.383 e. The minimum atomic E-state index is 0.169. The molecule has 1 aliphatic heterocycles. The summed E-state index contributed by atoms with van der Waals surface area (Å²) in [5, 5.41) is 4.24. The topological polar surface area (TPSA) is 47.3 Å². The average Bonchev–Trinajstić information content (AvgIpc) is 2.49. The number of rotatable bonds is 5. The Morgan fingerprint density at radius 1 is 1.69 bits per heavy atom. The molecule has 3 nitrogen and oxygen atoms in total. The molecule has 1 saturated heterocycles. The van der Waals surface area contributed by atoms with Crippen molar-refractivity contribution in [2.45, 2.75) is 24.1 Å². The number of nitrogens with two attached hydrogens (primary N) is 1. The summed E-state index contributed by atoms with van der Waals surface area (Å²) in [5.74, 6) is 1.13. The predicted octanol–water partition coefficient (Wildman–Crippen LogP) is 0.445. The van der Waals surface area contributed by atoms with Gasteiger partial charge < -0.3 is 15.8 Å². The molecule has 13 heavy (non-hydrogen) atoms. The second-order valence-electron chi connectivity index (χ2n) is 3.73. The summed E-state index contributed by atoms with van der Waals surface area (Å²) < 4.78 is 5.01. The number of hydrogen-bond donors (Lipinski definition) is 2. The molecule has 0 aromatic carbocycles. The third-order valence-corrected chi connectivity index (χ3v) is 3.97. The zero-order valence-corrected chi connectivity index (χ0v) is 9.32. The minimum Gasteiger partial charge on any atom is -0.383 e. The zero-order valence-electron chi connectivity index (χ0n) is 8.51. The van der Waals surface area contributed by atoms with Gasteiger partial charge in [-0.15, -0.1) is 0 Å². The summed E-state index contributed by atoms with van der Waals surface area (Å²) in [4.78, 5) is 0. The van der Waals surface area contributed by atoms with E-state index < -0.39 is 0 Å². The summed E-state index contributed by atoms with van der Waals surface area (Å²) in [6.45, 7) is 4.66. The van der Waals surface area contributed by atoms with Crippen LogP contribution in [0, 0.1) is 0 Å². The zero-order chi connectivity index (χ0) is 9.73. The van der Waals surface area contributed by atoms with E-state index in [9.17, 15) is 0 Å². The number of methoxy groups -OCH3 is 1. The molecule has 2 atom stereocenters. The molecule has 0 bridgehead atoms. The summed E-state index contributed by atoms with van der Waals surface area (Å²) >= 11 is 2.00. The van der Waals surface area contributed by atoms with E-state index in [-0.39, 0.29) is 5.54 Å². The van der Waals surface area contributed by atoms with Gasteiger partial charge in [-0.05, 0) is 6.42 Å². The number of hydrogen-bond acceptors (Lipinski definition) is 4. The van der Waals surface area contributed by atoms with Crippen LogP contribution in [-0.2, 0) is 4.74 Å². The molecule has 1 fully saturated rings. The molecular formula is C9H20N2OS. The summed E-state index contributed by atoms with van der Waals surface area (Å²) in [6.07, 6.45) is 1.18. The molecule has 4 heteroatoms. The van der Waals surface area contributed by atoms with E-state index in [4.69, 9.17) is 10.5 Å². The molecule has 0 amide bonds. The van der Waals surface area contributed by atoms with E-state index in [0.717, 1.165) is 30.7 Å². The van der Waals surface area contributed by atoms with Gasteiger partial charge >= 0.3 is 0 Å². The summed E-state index contributed by atoms with van der Waals surface area (Å²) in [5.41, 5.74) is 5.97. The maximum atomic E-state index is 5.80. The van der Waals surface area contributed by atoms with Gasteiger partial charge in [-0.1, -0.05) is 6.92 Å². The van der Waals surface area contributed by atoms with Crippen molar-refractivity contribution in [2.75, 3.05) is 32.6 Å². The first kappa shape index (κ1) is 11.3. The van der Waals surface area contributed by atoms with Crippen LogP contribution in [0.3, 0.4) is 0 Å². The highest BCUT2D eigenvalue weighted by atomic mass is 32.2. The maximum Gasteiger partial charge on any atom is 0.0587 e. The molecule has 1 heterocycles. The highest BCUT2D eigenvalue weighted by Gasteiger charge is 2.35. The highest BCUT2D eigenvalue weighted by molar-refractivity contribution is 8.00. The average molecular weight is 204 g/mol. The first-order valence-corrected chi connectivity index (χ1v) is 5.83. The van der Waals surface area contributed by atoms with Crippen LogP contribution in [-0.4, -0.2) is 43.3 Å². The predicted molar refractivity (Wildman–Crippen MR) is 58.2 cm³/mol. The normalized spacial score (nSPS) is 33.9. The highest BCUT2D eigenvalue weighted by Crippen LogP contribution is 2.33. The lowest BCUT2D eigenvalue weighted by atomic mass is 9.96. The van der Waals surface area contributed by atoms with Crippen LogP contribution in [0.1, 0.15) is 13.3 Å². The second kappa shape index (κ2) is 5.20. The Labute approximate surface area is 84.8 Å². The Balaban J connectivity index is 2.32. The summed E-state index contributed by atoms with van der Waals surface area (Å²) in [6, 6.07) is 0. The number of thioether (sulfide) groups is 1. The number of ether oxygens (including phenoxy) is 1. The van der Waals surface area contributed by atoms with E-state index in [1.807, 2.05) is 11.8 Å². The smallest absolute Gasteiger partial charge is 0.0587 e. The van der Waals surface area contributed by atoms with Gasteiger partial charge in [0.25, 0.3) is 0 Å². The van der Waals surface area contributed by atoms with Gasteiger partial charge in [0.1, 0.15) is 0 Å². The molecule has 0 aromatic rings. The van der Waals surface area contributed by atoms with E-state index in [1.54, 1.807) is 7.11 Å². The second-order valence-corrected chi connectivity index (χ2v) is 5.16. The SMILES string of the molecule is COCCNC1(CN)CSC(C)C1. The Hall–Kier alpha value is 0.230. The molecule has 0 spiro atoms. The Bertz CT molecular complexity index is 157. The summed E-state index contributed by atoms with van der Waals surface area (Å²) in [7, 11) is 1.73. The van der Waals surface area contributed by atoms with Crippen LogP contribution in [0.2, 0.25) is 0 Å². The van der Waals surface area contributed by atoms with Crippen LogP contribution in [0.15, 0.2) is 0 Å². The molecule has 1 rings (SSSR count). The van der Waals surface area contributed by atoms with E-state index in [2.05, 4.69) is 12.2 Å². The Morgan fingerprint density at radius 3 is 2.92 bits per heavy atom. The third kappa shape index (κ3) is 3.13. The lowest BCUT2D eigenvalue weighted by Gasteiger charge is -2.28. The molecule has 0 radical (unpaired) electrons. The monoisotopic (exact) mass is 204 g/mol. The van der Waals surface area contributed by atoms with Gasteiger partial charge in [0.15, 0.2) is 0 Å². The van der Waals surface area contributed by atoms with E-state index in [0.29, 0.717) is 0 Å². The van der Waals surface area contributed by atoms with E-state index in [1.165, 1.54) is 6.42 Å². The van der Waals surface area contributed by atoms with Crippen molar-refractivity contribution >= 4 is 11.8 Å². The molecule has 0 aliphatic carbocycles. The Morgan fingerprint density at radius 2 is 2.46 bits per heavy atom. The lowest BCUT2D eigenvalue weighted by molar-refractivity contribution is 0.187. The standard InChI is InChI=1S/C9H20N2OS/c1-8-5-9(6-10,7-13-8)11-3-4-12-2/h8,11H,3-7,10H2,1-2H3. The van der Waals surface area contributed by atoms with Crippen molar-refractivity contribution in [1.29, 1.82) is 0 Å². The number of nitrogens with one attached hydrogen (secondary N) is 1. The van der Waals surface area contributed by atoms with Crippen LogP contribution in [0.4, 0.5) is 0 Å². The van der Waals surface area contributed by atoms with Gasteiger partial charge in [-0.2, -0.15) is 11.8 Å². The van der Waals surface area contributed by atoms with Crippen molar-refractivity contribution in [3.63, 3.8) is 0 Å². The lowest BCUT2D eigenvalue weighted by Crippen LogP contribution is -2.52. The van der Waals surface area contributed by atoms with Crippen molar-refractivity contribution in [2.24, 2.45) is 5.73 Å². The fraction of sp³-hybridized carbons (Fsp3) is 1.00. The van der Waals surface area contributed by atoms with Crippen LogP contribution in [0.25, 0.3) is 0 Å². The van der Waals surface area contributed by atoms with Crippen molar-refractivity contribution in [3.05, 3.63) is 0 Å². The molecule has 1 aliphatic rings. The van der Waals surface area contributed by atoms with Gasteiger partial charge in [0.2, 0.25) is 0 Å². The first-order chi connectivity index (χ1) is 6.22.